The zero-order valence-electron chi connectivity index (χ0n) is 24.2. The van der Waals surface area contributed by atoms with E-state index in [2.05, 4.69) is 26.5 Å². The molecule has 1 aliphatic heterocycles. The fourth-order valence-corrected chi connectivity index (χ4v) is 5.17. The van der Waals surface area contributed by atoms with Crippen molar-refractivity contribution < 1.29 is 23.5 Å². The molecule has 2 amide bonds. The van der Waals surface area contributed by atoms with Crippen molar-refractivity contribution in [3.63, 3.8) is 0 Å². The number of aliphatic imine (C=N–C) groups is 1. The Bertz CT molecular complexity index is 1540. The van der Waals surface area contributed by atoms with Crippen molar-refractivity contribution in [3.05, 3.63) is 71.8 Å². The number of amidine groups is 1. The number of amides is 2. The van der Waals surface area contributed by atoms with E-state index in [0.717, 1.165) is 12.1 Å². The predicted molar refractivity (Wildman–Crippen MR) is 156 cm³/mol. The van der Waals surface area contributed by atoms with Gasteiger partial charge >= 0.3 is 0 Å². The molecule has 0 saturated carbocycles. The molecule has 0 spiro atoms. The van der Waals surface area contributed by atoms with Crippen molar-refractivity contribution in [1.82, 2.24) is 24.8 Å². The molecule has 10 nitrogen and oxygen atoms in total. The highest BCUT2D eigenvalue weighted by Crippen LogP contribution is 2.39. The van der Waals surface area contributed by atoms with Crippen LogP contribution >= 0.6 is 0 Å². The quantitative estimate of drug-likeness (QED) is 0.192. The molecule has 220 valence electrons. The van der Waals surface area contributed by atoms with Gasteiger partial charge in [-0.3, -0.25) is 19.5 Å². The summed E-state index contributed by atoms with van der Waals surface area (Å²) < 4.78 is 30.8. The van der Waals surface area contributed by atoms with Gasteiger partial charge in [-0.25, -0.2) is 23.7 Å². The van der Waals surface area contributed by atoms with Crippen molar-refractivity contribution in [2.75, 3.05) is 31.6 Å². The third kappa shape index (κ3) is 5.56. The van der Waals surface area contributed by atoms with Gasteiger partial charge in [0.1, 0.15) is 29.4 Å². The maximum absolute atomic E-state index is 15.9. The predicted octanol–water partition coefficient (Wildman–Crippen LogP) is 4.34. The number of aromatic nitrogens is 3. The van der Waals surface area contributed by atoms with Crippen molar-refractivity contribution in [1.29, 1.82) is 0 Å². The molecule has 1 atom stereocenters. The second-order valence-electron chi connectivity index (χ2n) is 10.2. The smallest absolute Gasteiger partial charge is 0.246 e. The largest absolute Gasteiger partial charge is 0.507 e. The Morgan fingerprint density at radius 3 is 2.57 bits per heavy atom. The molecule has 1 aromatic carbocycles. The highest BCUT2D eigenvalue weighted by Gasteiger charge is 2.33. The van der Waals surface area contributed by atoms with Gasteiger partial charge in [0.05, 0.1) is 28.2 Å². The van der Waals surface area contributed by atoms with E-state index in [-0.39, 0.29) is 29.2 Å². The maximum atomic E-state index is 15.9. The van der Waals surface area contributed by atoms with Crippen LogP contribution < -0.4 is 4.90 Å². The highest BCUT2D eigenvalue weighted by molar-refractivity contribution is 6.07. The van der Waals surface area contributed by atoms with Gasteiger partial charge < -0.3 is 14.9 Å². The van der Waals surface area contributed by atoms with E-state index < -0.39 is 28.6 Å². The molecule has 1 saturated heterocycles. The SMILES string of the molecule is C=CC(=O)N1CCN(C(=NC)c2cc(F)c(-c3c(O)cccc3F)nc2N(C=O)c2c(C)ncnc2C(C)C)C(C)C1. The summed E-state index contributed by atoms with van der Waals surface area (Å²) in [5, 5.41) is 10.5. The molecule has 1 N–H and O–H groups in total. The second kappa shape index (κ2) is 12.4. The van der Waals surface area contributed by atoms with Gasteiger partial charge in [0.2, 0.25) is 12.3 Å². The van der Waals surface area contributed by atoms with Crippen molar-refractivity contribution in [3.8, 4) is 17.0 Å². The minimum atomic E-state index is -0.931. The average Bonchev–Trinajstić information content (AvgIpc) is 2.96. The summed E-state index contributed by atoms with van der Waals surface area (Å²) in [6.45, 7) is 12.0. The summed E-state index contributed by atoms with van der Waals surface area (Å²) in [7, 11) is 1.53. The van der Waals surface area contributed by atoms with Crippen LogP contribution in [0.3, 0.4) is 0 Å². The number of anilines is 2. The molecule has 4 rings (SSSR count). The van der Waals surface area contributed by atoms with E-state index in [1.165, 1.54) is 36.5 Å². The maximum Gasteiger partial charge on any atom is 0.246 e. The summed E-state index contributed by atoms with van der Waals surface area (Å²) >= 11 is 0. The molecule has 1 aliphatic rings. The molecular formula is C30H33F2N7O3. The normalized spacial score (nSPS) is 15.6. The third-order valence-corrected chi connectivity index (χ3v) is 7.18. The van der Waals surface area contributed by atoms with E-state index in [4.69, 9.17) is 0 Å². The van der Waals surface area contributed by atoms with Gasteiger partial charge in [-0.05, 0) is 44.0 Å². The topological polar surface area (TPSA) is 115 Å². The molecular weight excluding hydrogens is 544 g/mol. The number of pyridine rings is 1. The van der Waals surface area contributed by atoms with Gasteiger partial charge in [0.25, 0.3) is 0 Å². The number of phenols is 1. The number of nitrogens with zero attached hydrogens (tertiary/aromatic N) is 7. The number of hydrogen-bond donors (Lipinski definition) is 1. The summed E-state index contributed by atoms with van der Waals surface area (Å²) in [6, 6.07) is 4.48. The number of rotatable bonds is 7. The van der Waals surface area contributed by atoms with Crippen LogP contribution in [0.1, 0.15) is 43.6 Å². The summed E-state index contributed by atoms with van der Waals surface area (Å²) in [6.07, 6.45) is 3.16. The zero-order chi connectivity index (χ0) is 30.7. The lowest BCUT2D eigenvalue weighted by molar-refractivity contribution is -0.128. The van der Waals surface area contributed by atoms with Gasteiger partial charge in [0.15, 0.2) is 11.6 Å². The summed E-state index contributed by atoms with van der Waals surface area (Å²) in [5.74, 6) is -2.40. The van der Waals surface area contributed by atoms with Crippen LogP contribution in [-0.2, 0) is 9.59 Å². The number of benzene rings is 1. The highest BCUT2D eigenvalue weighted by atomic mass is 19.1. The van der Waals surface area contributed by atoms with E-state index in [0.29, 0.717) is 49.0 Å². The Kier molecular flexibility index (Phi) is 8.93. The van der Waals surface area contributed by atoms with Crippen LogP contribution in [0, 0.1) is 18.6 Å². The van der Waals surface area contributed by atoms with Crippen LogP contribution in [0.5, 0.6) is 5.75 Å². The lowest BCUT2D eigenvalue weighted by Gasteiger charge is -2.41. The minimum absolute atomic E-state index is 0.0544. The lowest BCUT2D eigenvalue weighted by Crippen LogP contribution is -2.55. The number of piperazine rings is 1. The molecule has 0 aliphatic carbocycles. The van der Waals surface area contributed by atoms with Gasteiger partial charge in [-0.15, -0.1) is 0 Å². The number of halogens is 2. The van der Waals surface area contributed by atoms with Crippen molar-refractivity contribution in [2.45, 2.75) is 39.7 Å². The monoisotopic (exact) mass is 577 g/mol. The number of aromatic hydroxyl groups is 1. The van der Waals surface area contributed by atoms with E-state index in [1.54, 1.807) is 11.8 Å². The van der Waals surface area contributed by atoms with Gasteiger partial charge in [-0.1, -0.05) is 26.5 Å². The Hall–Kier alpha value is -4.74. The fourth-order valence-electron chi connectivity index (χ4n) is 5.17. The molecule has 3 aromatic rings. The van der Waals surface area contributed by atoms with Gasteiger partial charge in [-0.2, -0.15) is 0 Å². The van der Waals surface area contributed by atoms with E-state index >= 15 is 4.39 Å². The Balaban J connectivity index is 1.98. The van der Waals surface area contributed by atoms with Crippen LogP contribution in [0.15, 0.2) is 48.2 Å². The van der Waals surface area contributed by atoms with Gasteiger partial charge in [0, 0.05) is 32.7 Å². The molecule has 12 heteroatoms. The summed E-state index contributed by atoms with van der Waals surface area (Å²) in [5.41, 5.74) is 0.571. The molecule has 0 bridgehead atoms. The van der Waals surface area contributed by atoms with Crippen LogP contribution in [0.2, 0.25) is 0 Å². The van der Waals surface area contributed by atoms with Crippen molar-refractivity contribution >= 4 is 29.7 Å². The molecule has 1 unspecified atom stereocenters. The molecule has 0 radical (unpaired) electrons. The average molecular weight is 578 g/mol. The minimum Gasteiger partial charge on any atom is -0.507 e. The van der Waals surface area contributed by atoms with Crippen LogP contribution in [0.4, 0.5) is 20.3 Å². The molecule has 3 heterocycles. The standard InChI is InChI=1S/C30H33F2N7O3/c1-7-24(42)37-11-12-38(18(4)14-37)29(33-6)20-13-22(32)27(25-21(31)9-8-10-23(25)41)36-30(20)39(16-40)28-19(5)34-15-35-26(28)17(2)3/h7-10,13,15-18,41H,1,11-12,14H2,2-6H3. The number of carbonyl (C=O) groups is 2. The molecule has 42 heavy (non-hydrogen) atoms. The van der Waals surface area contributed by atoms with Crippen LogP contribution in [0.25, 0.3) is 11.3 Å². The molecule has 2 aromatic heterocycles. The second-order valence-corrected chi connectivity index (χ2v) is 10.2. The number of carbonyl (C=O) groups excluding carboxylic acids is 2. The third-order valence-electron chi connectivity index (χ3n) is 7.18. The first-order chi connectivity index (χ1) is 20.0. The first-order valence-electron chi connectivity index (χ1n) is 13.4. The Labute approximate surface area is 243 Å². The lowest BCUT2D eigenvalue weighted by atomic mass is 10.0. The Morgan fingerprint density at radius 1 is 1.24 bits per heavy atom. The Morgan fingerprint density at radius 2 is 1.98 bits per heavy atom. The number of phenolic OH excluding ortho intramolecular Hbond substituents is 1. The molecule has 1 fully saturated rings. The van der Waals surface area contributed by atoms with E-state index in [9.17, 15) is 19.1 Å². The first-order valence-corrected chi connectivity index (χ1v) is 13.4. The summed E-state index contributed by atoms with van der Waals surface area (Å²) in [4.78, 5) is 47.5. The first kappa shape index (κ1) is 30.2. The number of aryl methyl sites for hydroxylation is 1. The van der Waals surface area contributed by atoms with E-state index in [1.807, 2.05) is 25.7 Å². The zero-order valence-corrected chi connectivity index (χ0v) is 24.2. The fraction of sp³-hybridized carbons (Fsp3) is 0.333. The van der Waals surface area contributed by atoms with Crippen LogP contribution in [-0.4, -0.2) is 80.7 Å². The van der Waals surface area contributed by atoms with Crippen molar-refractivity contribution in [2.24, 2.45) is 4.99 Å². The number of hydrogen-bond acceptors (Lipinski definition) is 7.